The van der Waals surface area contributed by atoms with Gasteiger partial charge in [-0.1, -0.05) is 18.1 Å². The minimum Gasteiger partial charge on any atom is -0.339 e. The molecule has 2 amide bonds. The molecule has 2 aromatic rings. The molecule has 1 aliphatic rings. The zero-order valence-corrected chi connectivity index (χ0v) is 16.7. The smallest absolute Gasteiger partial charge is 0.254 e. The molecule has 0 saturated carbocycles. The van der Waals surface area contributed by atoms with Gasteiger partial charge in [-0.15, -0.1) is 0 Å². The highest BCUT2D eigenvalue weighted by molar-refractivity contribution is 5.99. The lowest BCUT2D eigenvalue weighted by Gasteiger charge is -2.18. The van der Waals surface area contributed by atoms with Gasteiger partial charge in [0.1, 0.15) is 0 Å². The Balaban J connectivity index is 1.53. The van der Waals surface area contributed by atoms with E-state index >= 15 is 0 Å². The Bertz CT molecular complexity index is 825. The summed E-state index contributed by atoms with van der Waals surface area (Å²) in [7, 11) is 0. The van der Waals surface area contributed by atoms with E-state index in [9.17, 15) is 9.59 Å². The number of anilines is 1. The molecule has 0 spiro atoms. The van der Waals surface area contributed by atoms with E-state index < -0.39 is 0 Å². The summed E-state index contributed by atoms with van der Waals surface area (Å²) in [6, 6.07) is 5.48. The average molecular weight is 384 g/mol. The molecule has 1 N–H and O–H groups in total. The van der Waals surface area contributed by atoms with E-state index in [4.69, 9.17) is 4.52 Å². The van der Waals surface area contributed by atoms with Crippen molar-refractivity contribution < 1.29 is 14.1 Å². The largest absolute Gasteiger partial charge is 0.339 e. The quantitative estimate of drug-likeness (QED) is 0.752. The van der Waals surface area contributed by atoms with Crippen molar-refractivity contribution in [2.45, 2.75) is 58.8 Å². The number of carbonyl (C=O) groups is 2. The van der Waals surface area contributed by atoms with Crippen molar-refractivity contribution in [1.82, 2.24) is 15.0 Å². The van der Waals surface area contributed by atoms with E-state index in [-0.39, 0.29) is 11.8 Å². The second-order valence-corrected chi connectivity index (χ2v) is 7.23. The first-order chi connectivity index (χ1) is 13.6. The average Bonchev–Trinajstić information content (AvgIpc) is 3.36. The molecule has 0 atom stereocenters. The topological polar surface area (TPSA) is 88.3 Å². The molecular weight excluding hydrogens is 356 g/mol. The lowest BCUT2D eigenvalue weighted by molar-refractivity contribution is -0.116. The summed E-state index contributed by atoms with van der Waals surface area (Å²) in [6.45, 7) is 5.57. The zero-order chi connectivity index (χ0) is 19.9. The first-order valence-electron chi connectivity index (χ1n) is 10.1. The number of likely N-dealkylation sites (tertiary alicyclic amines) is 1. The lowest BCUT2D eigenvalue weighted by Crippen LogP contribution is -2.28. The number of hydrogen-bond donors (Lipinski definition) is 1. The van der Waals surface area contributed by atoms with E-state index in [1.54, 1.807) is 0 Å². The first-order valence-corrected chi connectivity index (χ1v) is 10.1. The van der Waals surface area contributed by atoms with Gasteiger partial charge in [0.05, 0.1) is 0 Å². The molecule has 2 heterocycles. The Morgan fingerprint density at radius 2 is 2.00 bits per heavy atom. The van der Waals surface area contributed by atoms with Crippen LogP contribution in [0, 0.1) is 6.92 Å². The summed E-state index contributed by atoms with van der Waals surface area (Å²) in [5.74, 6) is 1.26. The van der Waals surface area contributed by atoms with Crippen LogP contribution in [0.15, 0.2) is 22.7 Å². The third kappa shape index (κ3) is 4.97. The van der Waals surface area contributed by atoms with Gasteiger partial charge in [-0.25, -0.2) is 0 Å². The fourth-order valence-electron chi connectivity index (χ4n) is 3.42. The summed E-state index contributed by atoms with van der Waals surface area (Å²) in [5, 5.41) is 6.85. The third-order valence-corrected chi connectivity index (χ3v) is 5.01. The van der Waals surface area contributed by atoms with Crippen LogP contribution in [0.3, 0.4) is 0 Å². The maximum absolute atomic E-state index is 12.7. The molecule has 1 aliphatic heterocycles. The van der Waals surface area contributed by atoms with Crippen LogP contribution >= 0.6 is 0 Å². The maximum atomic E-state index is 12.7. The predicted molar refractivity (Wildman–Crippen MR) is 106 cm³/mol. The molecule has 1 saturated heterocycles. The van der Waals surface area contributed by atoms with Gasteiger partial charge in [-0.3, -0.25) is 9.59 Å². The number of benzene rings is 1. The minimum absolute atomic E-state index is 0.0466. The Hall–Kier alpha value is -2.70. The molecule has 150 valence electrons. The highest BCUT2D eigenvalue weighted by Crippen LogP contribution is 2.22. The SMILES string of the molecule is CCCc1noc(CCCC(=O)Nc2cccc(C(=O)N3CCCC3)c2C)n1. The second-order valence-electron chi connectivity index (χ2n) is 7.23. The fraction of sp³-hybridized carbons (Fsp3) is 0.524. The number of nitrogens with one attached hydrogen (secondary N) is 1. The van der Waals surface area contributed by atoms with Crippen LogP contribution in [0.25, 0.3) is 0 Å². The number of nitrogens with zero attached hydrogens (tertiary/aromatic N) is 3. The number of carbonyl (C=O) groups excluding carboxylic acids is 2. The first kappa shape index (κ1) is 20.0. The van der Waals surface area contributed by atoms with E-state index in [0.29, 0.717) is 36.4 Å². The highest BCUT2D eigenvalue weighted by atomic mass is 16.5. The molecule has 7 nitrogen and oxygen atoms in total. The molecule has 1 fully saturated rings. The van der Waals surface area contributed by atoms with Crippen LogP contribution in [0.2, 0.25) is 0 Å². The van der Waals surface area contributed by atoms with Gasteiger partial charge in [-0.2, -0.15) is 4.98 Å². The van der Waals surface area contributed by atoms with Crippen LogP contribution in [0.1, 0.15) is 66.7 Å². The molecule has 7 heteroatoms. The van der Waals surface area contributed by atoms with Crippen LogP contribution < -0.4 is 5.32 Å². The molecule has 28 heavy (non-hydrogen) atoms. The maximum Gasteiger partial charge on any atom is 0.254 e. The minimum atomic E-state index is -0.0813. The number of aromatic nitrogens is 2. The van der Waals surface area contributed by atoms with Crippen molar-refractivity contribution in [1.29, 1.82) is 0 Å². The number of rotatable bonds is 8. The monoisotopic (exact) mass is 384 g/mol. The molecule has 0 unspecified atom stereocenters. The second kappa shape index (κ2) is 9.48. The molecule has 1 aromatic carbocycles. The summed E-state index contributed by atoms with van der Waals surface area (Å²) >= 11 is 0. The summed E-state index contributed by atoms with van der Waals surface area (Å²) in [4.78, 5) is 31.2. The van der Waals surface area contributed by atoms with Gasteiger partial charge in [-0.05, 0) is 50.3 Å². The van der Waals surface area contributed by atoms with Gasteiger partial charge < -0.3 is 14.7 Å². The summed E-state index contributed by atoms with van der Waals surface area (Å²) in [6.07, 6.45) is 5.45. The molecule has 0 radical (unpaired) electrons. The number of aryl methyl sites for hydroxylation is 2. The summed E-state index contributed by atoms with van der Waals surface area (Å²) < 4.78 is 5.19. The van der Waals surface area contributed by atoms with Gasteiger partial charge >= 0.3 is 0 Å². The Kier molecular flexibility index (Phi) is 6.79. The van der Waals surface area contributed by atoms with Crippen molar-refractivity contribution in [3.63, 3.8) is 0 Å². The normalized spacial score (nSPS) is 13.7. The fourth-order valence-corrected chi connectivity index (χ4v) is 3.42. The van der Waals surface area contributed by atoms with Crippen molar-refractivity contribution in [3.8, 4) is 0 Å². The predicted octanol–water partition coefficient (Wildman–Crippen LogP) is 3.53. The van der Waals surface area contributed by atoms with Crippen molar-refractivity contribution in [3.05, 3.63) is 41.0 Å². The summed E-state index contributed by atoms with van der Waals surface area (Å²) in [5.41, 5.74) is 2.17. The number of amides is 2. The van der Waals surface area contributed by atoms with Gasteiger partial charge in [0.2, 0.25) is 11.8 Å². The van der Waals surface area contributed by atoms with Crippen molar-refractivity contribution >= 4 is 17.5 Å². The van der Waals surface area contributed by atoms with Gasteiger partial charge in [0, 0.05) is 43.6 Å². The van der Waals surface area contributed by atoms with Crippen molar-refractivity contribution in [2.24, 2.45) is 0 Å². The van der Waals surface area contributed by atoms with E-state index in [2.05, 4.69) is 22.4 Å². The third-order valence-electron chi connectivity index (χ3n) is 5.01. The van der Waals surface area contributed by atoms with E-state index in [1.165, 1.54) is 0 Å². The van der Waals surface area contributed by atoms with Crippen LogP contribution in [0.4, 0.5) is 5.69 Å². The highest BCUT2D eigenvalue weighted by Gasteiger charge is 2.22. The van der Waals surface area contributed by atoms with Crippen molar-refractivity contribution in [2.75, 3.05) is 18.4 Å². The molecule has 3 rings (SSSR count). The molecule has 1 aromatic heterocycles. The molecular formula is C21H28N4O3. The Morgan fingerprint density at radius 1 is 1.21 bits per heavy atom. The standard InChI is InChI=1S/C21H28N4O3/c1-3-8-18-23-20(28-24-18)12-7-11-19(26)22-17-10-6-9-16(15(17)2)21(27)25-13-4-5-14-25/h6,9-10H,3-5,7-8,11-14H2,1-2H3,(H,22,26). The van der Waals surface area contributed by atoms with Crippen LogP contribution in [-0.4, -0.2) is 39.9 Å². The Labute approximate surface area is 165 Å². The molecule has 0 bridgehead atoms. The van der Waals surface area contributed by atoms with Gasteiger partial charge in [0.25, 0.3) is 5.91 Å². The lowest BCUT2D eigenvalue weighted by atomic mass is 10.1. The van der Waals surface area contributed by atoms with E-state index in [1.807, 2.05) is 30.0 Å². The Morgan fingerprint density at radius 3 is 2.75 bits per heavy atom. The van der Waals surface area contributed by atoms with Crippen LogP contribution in [-0.2, 0) is 17.6 Å². The zero-order valence-electron chi connectivity index (χ0n) is 16.7. The van der Waals surface area contributed by atoms with E-state index in [0.717, 1.165) is 50.2 Å². The molecule has 0 aliphatic carbocycles. The van der Waals surface area contributed by atoms with Gasteiger partial charge in [0.15, 0.2) is 5.82 Å². The number of hydrogen-bond acceptors (Lipinski definition) is 5. The van der Waals surface area contributed by atoms with Crippen LogP contribution in [0.5, 0.6) is 0 Å².